The van der Waals surface area contributed by atoms with E-state index in [1.165, 1.54) is 6.92 Å². The maximum atomic E-state index is 13.1. The maximum absolute atomic E-state index is 13.1. The van der Waals surface area contributed by atoms with E-state index in [2.05, 4.69) is 0 Å². The van der Waals surface area contributed by atoms with Crippen LogP contribution in [-0.2, 0) is 0 Å². The van der Waals surface area contributed by atoms with Crippen LogP contribution >= 0.6 is 0 Å². The summed E-state index contributed by atoms with van der Waals surface area (Å²) in [6.07, 6.45) is 0. The second kappa shape index (κ2) is 3.05. The fourth-order valence-corrected chi connectivity index (χ4v) is 1.15. The second-order valence-corrected chi connectivity index (χ2v) is 2.98. The third-order valence-corrected chi connectivity index (χ3v) is 1.84. The first-order valence-corrected chi connectivity index (χ1v) is 3.80. The number of hydrogen-bond acceptors (Lipinski definition) is 1. The normalized spacial score (nSPS) is 10.0. The van der Waals surface area contributed by atoms with Gasteiger partial charge >= 0.3 is 0 Å². The molecule has 0 fully saturated rings. The van der Waals surface area contributed by atoms with Crippen LogP contribution in [0.5, 0.6) is 0 Å². The van der Waals surface area contributed by atoms with Crippen molar-refractivity contribution in [3.8, 4) is 0 Å². The van der Waals surface area contributed by atoms with Crippen molar-refractivity contribution in [2.75, 3.05) is 0 Å². The Morgan fingerprint density at radius 2 is 1.67 bits per heavy atom. The monoisotopic (exact) mass is 166 g/mol. The standard InChI is InChI=1S/C10H11FO/c1-6-4-9(8(3)12)5-7(2)10(6)11/h4-5H,1-3H3. The summed E-state index contributed by atoms with van der Waals surface area (Å²) in [5, 5.41) is 0. The molecule has 0 amide bonds. The molecule has 0 spiro atoms. The van der Waals surface area contributed by atoms with Crippen LogP contribution in [0.3, 0.4) is 0 Å². The average molecular weight is 166 g/mol. The van der Waals surface area contributed by atoms with Crippen LogP contribution in [0.4, 0.5) is 4.39 Å². The average Bonchev–Trinajstić information content (AvgIpc) is 1.99. The van der Waals surface area contributed by atoms with Crippen LogP contribution in [0, 0.1) is 19.7 Å². The molecule has 0 heterocycles. The van der Waals surface area contributed by atoms with Gasteiger partial charge in [0, 0.05) is 5.56 Å². The summed E-state index contributed by atoms with van der Waals surface area (Å²) in [6.45, 7) is 4.80. The Morgan fingerprint density at radius 3 is 2.00 bits per heavy atom. The van der Waals surface area contributed by atoms with Gasteiger partial charge in [-0.1, -0.05) is 0 Å². The van der Waals surface area contributed by atoms with E-state index < -0.39 is 0 Å². The third kappa shape index (κ3) is 1.52. The van der Waals surface area contributed by atoms with Crippen molar-refractivity contribution in [1.82, 2.24) is 0 Å². The minimum absolute atomic E-state index is 0.0267. The molecular formula is C10H11FO. The Balaban J connectivity index is 3.31. The predicted octanol–water partition coefficient (Wildman–Crippen LogP) is 2.65. The van der Waals surface area contributed by atoms with Crippen LogP contribution in [0.1, 0.15) is 28.4 Å². The van der Waals surface area contributed by atoms with Gasteiger partial charge in [0.25, 0.3) is 0 Å². The van der Waals surface area contributed by atoms with Gasteiger partial charge in [-0.2, -0.15) is 0 Å². The Bertz CT molecular complexity index is 306. The third-order valence-electron chi connectivity index (χ3n) is 1.84. The van der Waals surface area contributed by atoms with Crippen LogP contribution in [0.25, 0.3) is 0 Å². The lowest BCUT2D eigenvalue weighted by atomic mass is 10.0. The minimum Gasteiger partial charge on any atom is -0.295 e. The lowest BCUT2D eigenvalue weighted by Crippen LogP contribution is -1.97. The van der Waals surface area contributed by atoms with E-state index in [0.717, 1.165) is 0 Å². The number of halogens is 1. The van der Waals surface area contributed by atoms with E-state index in [1.807, 2.05) is 0 Å². The molecule has 1 aromatic rings. The molecular weight excluding hydrogens is 155 g/mol. The molecule has 0 N–H and O–H groups in total. The number of Topliss-reactive ketones (excluding diaryl/α,β-unsaturated/α-hetero) is 1. The number of aryl methyl sites for hydroxylation is 2. The van der Waals surface area contributed by atoms with Gasteiger partial charge in [-0.05, 0) is 44.0 Å². The SMILES string of the molecule is CC(=O)c1cc(C)c(F)c(C)c1. The van der Waals surface area contributed by atoms with Gasteiger partial charge < -0.3 is 0 Å². The molecule has 0 aliphatic carbocycles. The zero-order valence-electron chi connectivity index (χ0n) is 7.44. The van der Waals surface area contributed by atoms with Crippen molar-refractivity contribution < 1.29 is 9.18 Å². The van der Waals surface area contributed by atoms with Crippen molar-refractivity contribution >= 4 is 5.78 Å². The van der Waals surface area contributed by atoms with E-state index in [0.29, 0.717) is 16.7 Å². The summed E-state index contributed by atoms with van der Waals surface area (Å²) in [4.78, 5) is 10.9. The maximum Gasteiger partial charge on any atom is 0.159 e. The highest BCUT2D eigenvalue weighted by molar-refractivity contribution is 5.94. The van der Waals surface area contributed by atoms with Crippen LogP contribution in [0.15, 0.2) is 12.1 Å². The second-order valence-electron chi connectivity index (χ2n) is 2.98. The van der Waals surface area contributed by atoms with Gasteiger partial charge in [-0.15, -0.1) is 0 Å². The lowest BCUT2D eigenvalue weighted by molar-refractivity contribution is 0.101. The van der Waals surface area contributed by atoms with Gasteiger partial charge in [0.15, 0.2) is 5.78 Å². The summed E-state index contributed by atoms with van der Waals surface area (Å²) in [6, 6.07) is 3.15. The topological polar surface area (TPSA) is 17.1 Å². The highest BCUT2D eigenvalue weighted by Crippen LogP contribution is 2.14. The number of hydrogen-bond donors (Lipinski definition) is 0. The van der Waals surface area contributed by atoms with Crippen molar-refractivity contribution in [3.63, 3.8) is 0 Å². The molecule has 0 aromatic heterocycles. The number of rotatable bonds is 1. The minimum atomic E-state index is -0.222. The molecule has 0 aliphatic heterocycles. The highest BCUT2D eigenvalue weighted by atomic mass is 19.1. The summed E-state index contributed by atoms with van der Waals surface area (Å²) in [5.74, 6) is -0.249. The Labute approximate surface area is 71.2 Å². The first-order chi connectivity index (χ1) is 5.52. The molecule has 0 radical (unpaired) electrons. The Kier molecular flexibility index (Phi) is 2.27. The summed E-state index contributed by atoms with van der Waals surface area (Å²) in [7, 11) is 0. The molecule has 12 heavy (non-hydrogen) atoms. The van der Waals surface area contributed by atoms with Gasteiger partial charge in [0.2, 0.25) is 0 Å². The molecule has 0 saturated heterocycles. The highest BCUT2D eigenvalue weighted by Gasteiger charge is 2.06. The van der Waals surface area contributed by atoms with Crippen molar-refractivity contribution in [3.05, 3.63) is 34.6 Å². The van der Waals surface area contributed by atoms with Gasteiger partial charge in [-0.3, -0.25) is 4.79 Å². The van der Waals surface area contributed by atoms with E-state index in [4.69, 9.17) is 0 Å². The lowest BCUT2D eigenvalue weighted by Gasteiger charge is -2.03. The van der Waals surface area contributed by atoms with Gasteiger partial charge in [0.05, 0.1) is 0 Å². The number of ketones is 1. The van der Waals surface area contributed by atoms with E-state index in [-0.39, 0.29) is 11.6 Å². The van der Waals surface area contributed by atoms with Gasteiger partial charge in [-0.25, -0.2) is 4.39 Å². The first-order valence-electron chi connectivity index (χ1n) is 3.80. The van der Waals surface area contributed by atoms with Crippen LogP contribution in [0.2, 0.25) is 0 Å². The molecule has 1 aromatic carbocycles. The smallest absolute Gasteiger partial charge is 0.159 e. The molecule has 1 rings (SSSR count). The van der Waals surface area contributed by atoms with Crippen molar-refractivity contribution in [2.45, 2.75) is 20.8 Å². The first kappa shape index (κ1) is 8.91. The molecule has 0 saturated carbocycles. The molecule has 0 unspecified atom stereocenters. The Morgan fingerprint density at radius 1 is 1.25 bits per heavy atom. The zero-order chi connectivity index (χ0) is 9.30. The van der Waals surface area contributed by atoms with E-state index in [1.54, 1.807) is 26.0 Å². The number of benzene rings is 1. The Hall–Kier alpha value is -1.18. The number of carbonyl (C=O) groups excluding carboxylic acids is 1. The largest absolute Gasteiger partial charge is 0.295 e. The molecule has 0 atom stereocenters. The fraction of sp³-hybridized carbons (Fsp3) is 0.300. The summed E-state index contributed by atoms with van der Waals surface area (Å²) in [5.41, 5.74) is 1.63. The summed E-state index contributed by atoms with van der Waals surface area (Å²) < 4.78 is 13.1. The molecule has 0 bridgehead atoms. The van der Waals surface area contributed by atoms with Crippen LogP contribution < -0.4 is 0 Å². The quantitative estimate of drug-likeness (QED) is 0.586. The molecule has 2 heteroatoms. The molecule has 64 valence electrons. The fourth-order valence-electron chi connectivity index (χ4n) is 1.15. The summed E-state index contributed by atoms with van der Waals surface area (Å²) >= 11 is 0. The van der Waals surface area contributed by atoms with Crippen LogP contribution in [-0.4, -0.2) is 5.78 Å². The van der Waals surface area contributed by atoms with E-state index >= 15 is 0 Å². The van der Waals surface area contributed by atoms with Gasteiger partial charge in [0.1, 0.15) is 5.82 Å². The van der Waals surface area contributed by atoms with E-state index in [9.17, 15) is 9.18 Å². The molecule has 1 nitrogen and oxygen atoms in total. The zero-order valence-corrected chi connectivity index (χ0v) is 7.44. The predicted molar refractivity (Wildman–Crippen MR) is 45.9 cm³/mol. The van der Waals surface area contributed by atoms with Crippen molar-refractivity contribution in [1.29, 1.82) is 0 Å². The number of carbonyl (C=O) groups is 1. The van der Waals surface area contributed by atoms with Crippen molar-refractivity contribution in [2.24, 2.45) is 0 Å². The molecule has 0 aliphatic rings.